The highest BCUT2D eigenvalue weighted by molar-refractivity contribution is 7.99. The molecule has 0 fully saturated rings. The highest BCUT2D eigenvalue weighted by Crippen LogP contribution is 2.63. The lowest BCUT2D eigenvalue weighted by atomic mass is 9.67. The summed E-state index contributed by atoms with van der Waals surface area (Å²) in [6, 6.07) is 61.6. The summed E-state index contributed by atoms with van der Waals surface area (Å²) < 4.78 is 5.18. The molecule has 2 aromatic heterocycles. The molecule has 8 aromatic carbocycles. The Morgan fingerprint density at radius 2 is 1.08 bits per heavy atom. The van der Waals surface area contributed by atoms with Crippen molar-refractivity contribution in [2.45, 2.75) is 15.2 Å². The summed E-state index contributed by atoms with van der Waals surface area (Å²) >= 11 is 3.82. The van der Waals surface area contributed by atoms with Crippen molar-refractivity contribution >= 4 is 75.8 Å². The van der Waals surface area contributed by atoms with Crippen molar-refractivity contribution in [3.8, 4) is 16.8 Å². The predicted molar refractivity (Wildman–Crippen MR) is 213 cm³/mol. The maximum atomic E-state index is 2.52. The van der Waals surface area contributed by atoms with Crippen LogP contribution in [0.3, 0.4) is 0 Å². The van der Waals surface area contributed by atoms with Crippen LogP contribution in [-0.4, -0.2) is 4.57 Å². The summed E-state index contributed by atoms with van der Waals surface area (Å²) in [6.45, 7) is 0. The zero-order valence-corrected chi connectivity index (χ0v) is 28.5. The van der Waals surface area contributed by atoms with Gasteiger partial charge in [-0.25, -0.2) is 0 Å². The molecule has 232 valence electrons. The van der Waals surface area contributed by atoms with E-state index in [1.807, 2.05) is 23.1 Å². The highest BCUT2D eigenvalue weighted by atomic mass is 32.2. The number of thiophene rings is 1. The molecule has 0 unspecified atom stereocenters. The first kappa shape index (κ1) is 27.2. The van der Waals surface area contributed by atoms with Gasteiger partial charge in [-0.1, -0.05) is 133 Å². The van der Waals surface area contributed by atoms with Crippen LogP contribution in [0.25, 0.3) is 69.6 Å². The van der Waals surface area contributed by atoms with Crippen molar-refractivity contribution in [1.82, 2.24) is 4.57 Å². The van der Waals surface area contributed by atoms with Crippen molar-refractivity contribution in [1.29, 1.82) is 0 Å². The minimum atomic E-state index is -0.411. The van der Waals surface area contributed by atoms with Gasteiger partial charge in [-0.15, -0.1) is 11.3 Å². The summed E-state index contributed by atoms with van der Waals surface area (Å²) in [6.07, 6.45) is 0. The third-order valence-corrected chi connectivity index (χ3v) is 13.6. The van der Waals surface area contributed by atoms with E-state index in [1.54, 1.807) is 0 Å². The van der Waals surface area contributed by atoms with Gasteiger partial charge in [0.25, 0.3) is 0 Å². The molecule has 1 spiro atoms. The van der Waals surface area contributed by atoms with E-state index in [0.29, 0.717) is 0 Å². The highest BCUT2D eigenvalue weighted by Gasteiger charge is 2.50. The number of benzene rings is 8. The van der Waals surface area contributed by atoms with Crippen LogP contribution >= 0.6 is 23.1 Å². The summed E-state index contributed by atoms with van der Waals surface area (Å²) in [7, 11) is 0. The van der Waals surface area contributed by atoms with E-state index in [9.17, 15) is 0 Å². The molecule has 2 aliphatic rings. The molecule has 0 radical (unpaired) electrons. The monoisotopic (exact) mass is 669 g/mol. The van der Waals surface area contributed by atoms with Crippen molar-refractivity contribution in [2.24, 2.45) is 0 Å². The number of aromatic nitrogens is 1. The fraction of sp³-hybridized carbons (Fsp3) is 0.0213. The van der Waals surface area contributed by atoms with Crippen LogP contribution in [0.15, 0.2) is 174 Å². The van der Waals surface area contributed by atoms with Crippen molar-refractivity contribution in [3.05, 3.63) is 186 Å². The average molecular weight is 670 g/mol. The van der Waals surface area contributed by atoms with Gasteiger partial charge in [0.05, 0.1) is 16.4 Å². The maximum Gasteiger partial charge on any atom is 0.0735 e. The average Bonchev–Trinajstić information content (AvgIpc) is 3.82. The number of rotatable bonds is 1. The number of hydrogen-bond acceptors (Lipinski definition) is 2. The molecule has 50 heavy (non-hydrogen) atoms. The molecule has 0 N–H and O–H groups in total. The molecule has 0 bridgehead atoms. The molecule has 0 atom stereocenters. The molecular formula is C47H27NS2. The SMILES string of the molecule is c1ccc2c(c1)Sc1c(ccc3c1c1c4ccccc4ccc1n3-c1ccc3sc4ccccc4c3c1)C21c2ccccc2-c2ccccc21. The topological polar surface area (TPSA) is 4.93 Å². The molecule has 0 saturated carbocycles. The summed E-state index contributed by atoms with van der Waals surface area (Å²) in [5.74, 6) is 0. The van der Waals surface area contributed by atoms with E-state index in [0.717, 1.165) is 0 Å². The smallest absolute Gasteiger partial charge is 0.0735 e. The minimum absolute atomic E-state index is 0.411. The van der Waals surface area contributed by atoms with Crippen LogP contribution in [0.4, 0.5) is 0 Å². The Balaban J connectivity index is 1.26. The molecule has 3 heterocycles. The fourth-order valence-corrected chi connectivity index (χ4v) is 11.7. The Morgan fingerprint density at radius 1 is 0.440 bits per heavy atom. The van der Waals surface area contributed by atoms with Crippen LogP contribution in [0, 0.1) is 0 Å². The molecular weight excluding hydrogens is 643 g/mol. The van der Waals surface area contributed by atoms with Crippen LogP contribution in [0.2, 0.25) is 0 Å². The Hall–Kier alpha value is -5.61. The normalized spacial score (nSPS) is 14.1. The van der Waals surface area contributed by atoms with Gasteiger partial charge in [-0.3, -0.25) is 0 Å². The maximum absolute atomic E-state index is 2.52. The standard InChI is InChI=1S/C47H27NS2/c1-2-12-30-28(11-1)21-24-39-44(30)45-40(48(39)29-22-26-42-34(27-29)33-15-5-9-19-41(33)49-42)25-23-38-46(45)50-43-20-10-8-18-37(43)47(38)35-16-6-3-13-31(35)32-14-4-7-17-36(32)47/h1-27H. The third kappa shape index (κ3) is 3.30. The second-order valence-corrected chi connectivity index (χ2v) is 15.7. The van der Waals surface area contributed by atoms with Crippen LogP contribution < -0.4 is 0 Å². The van der Waals surface area contributed by atoms with Gasteiger partial charge >= 0.3 is 0 Å². The van der Waals surface area contributed by atoms with E-state index in [2.05, 4.69) is 168 Å². The zero-order chi connectivity index (χ0) is 32.6. The lowest BCUT2D eigenvalue weighted by Gasteiger charge is -2.40. The largest absolute Gasteiger partial charge is 0.309 e. The first-order chi connectivity index (χ1) is 24.8. The molecule has 10 aromatic rings. The molecule has 0 amide bonds. The molecule has 0 saturated heterocycles. The Kier molecular flexibility index (Phi) is 5.32. The molecule has 1 aliphatic heterocycles. The summed E-state index contributed by atoms with van der Waals surface area (Å²) in [5, 5.41) is 7.87. The van der Waals surface area contributed by atoms with Gasteiger partial charge in [-0.05, 0) is 86.6 Å². The molecule has 1 aliphatic carbocycles. The van der Waals surface area contributed by atoms with E-state index in [-0.39, 0.29) is 0 Å². The molecule has 1 nitrogen and oxygen atoms in total. The van der Waals surface area contributed by atoms with E-state index >= 15 is 0 Å². The first-order valence-electron chi connectivity index (χ1n) is 17.2. The second-order valence-electron chi connectivity index (χ2n) is 13.6. The third-order valence-electron chi connectivity index (χ3n) is 11.3. The first-order valence-corrected chi connectivity index (χ1v) is 18.8. The van der Waals surface area contributed by atoms with Gasteiger partial charge in [0.15, 0.2) is 0 Å². The Labute approximate surface area is 297 Å². The van der Waals surface area contributed by atoms with Gasteiger partial charge in [0.1, 0.15) is 0 Å². The number of nitrogens with zero attached hydrogens (tertiary/aromatic N) is 1. The van der Waals surface area contributed by atoms with Crippen LogP contribution in [-0.2, 0) is 5.41 Å². The van der Waals surface area contributed by atoms with Crippen molar-refractivity contribution < 1.29 is 0 Å². The second kappa shape index (κ2) is 9.76. The predicted octanol–water partition coefficient (Wildman–Crippen LogP) is 13.1. The minimum Gasteiger partial charge on any atom is -0.309 e. The van der Waals surface area contributed by atoms with Gasteiger partial charge in [0.2, 0.25) is 0 Å². The van der Waals surface area contributed by atoms with Gasteiger partial charge < -0.3 is 4.57 Å². The summed E-state index contributed by atoms with van der Waals surface area (Å²) in [4.78, 5) is 2.68. The van der Waals surface area contributed by atoms with E-state index in [4.69, 9.17) is 0 Å². The zero-order valence-electron chi connectivity index (χ0n) is 26.9. The molecule has 12 rings (SSSR count). The lowest BCUT2D eigenvalue weighted by molar-refractivity contribution is 0.726. The van der Waals surface area contributed by atoms with E-state index in [1.165, 1.54) is 102 Å². The lowest BCUT2D eigenvalue weighted by Crippen LogP contribution is -2.32. The van der Waals surface area contributed by atoms with Gasteiger partial charge in [0, 0.05) is 46.4 Å². The van der Waals surface area contributed by atoms with Gasteiger partial charge in [-0.2, -0.15) is 0 Å². The number of fused-ring (bicyclic) bond motifs is 18. The number of hydrogen-bond donors (Lipinski definition) is 0. The fourth-order valence-electron chi connectivity index (χ4n) is 9.31. The quantitative estimate of drug-likeness (QED) is 0.168. The molecule has 3 heteroatoms. The van der Waals surface area contributed by atoms with Crippen molar-refractivity contribution in [3.63, 3.8) is 0 Å². The summed E-state index contributed by atoms with van der Waals surface area (Å²) in [5.41, 5.74) is 11.4. The van der Waals surface area contributed by atoms with Crippen LogP contribution in [0.1, 0.15) is 22.3 Å². The van der Waals surface area contributed by atoms with E-state index < -0.39 is 5.41 Å². The Morgan fingerprint density at radius 3 is 1.92 bits per heavy atom. The Bertz CT molecular complexity index is 3040. The van der Waals surface area contributed by atoms with Crippen LogP contribution in [0.5, 0.6) is 0 Å². The van der Waals surface area contributed by atoms with Crippen molar-refractivity contribution in [2.75, 3.05) is 0 Å².